The molecule has 1 unspecified atom stereocenters. The fourth-order valence-corrected chi connectivity index (χ4v) is 8.63. The van der Waals surface area contributed by atoms with Gasteiger partial charge in [-0.05, 0) is 33.4 Å². The SMILES string of the molecule is CO[C@H]1O[C@H](COC2O[C@H](COCc3ccccc3)[C@@H](OCc3ccccc3)[C@H](OCc3ccccc3)[C@H]2NC(C)=O)[C@@H](OCc2ccccc2)[C@H](OCc2ccccc2)[C@H]1OCc1ccccc1. The van der Waals surface area contributed by atoms with Crippen LogP contribution in [0.1, 0.15) is 40.3 Å². The first-order chi connectivity index (χ1) is 34.0. The quantitative estimate of drug-likeness (QED) is 0.0628. The van der Waals surface area contributed by atoms with Crippen molar-refractivity contribution in [3.63, 3.8) is 0 Å². The van der Waals surface area contributed by atoms with Crippen LogP contribution in [0.4, 0.5) is 0 Å². The van der Waals surface area contributed by atoms with Gasteiger partial charge in [-0.2, -0.15) is 0 Å². The van der Waals surface area contributed by atoms with Gasteiger partial charge in [0.15, 0.2) is 12.6 Å². The monoisotopic (exact) mass is 937 g/mol. The molecule has 8 rings (SSSR count). The maximum absolute atomic E-state index is 13.2. The number of rotatable bonds is 24. The molecular formula is C57H63NO11. The second-order valence-corrected chi connectivity index (χ2v) is 17.2. The van der Waals surface area contributed by atoms with E-state index in [0.717, 1.165) is 33.4 Å². The molecule has 2 aliphatic rings. The highest BCUT2D eigenvalue weighted by Crippen LogP contribution is 2.34. The van der Waals surface area contributed by atoms with Crippen molar-refractivity contribution in [2.75, 3.05) is 20.3 Å². The molecule has 1 amide bonds. The number of benzene rings is 6. The van der Waals surface area contributed by atoms with Gasteiger partial charge < -0.3 is 52.7 Å². The van der Waals surface area contributed by atoms with Gasteiger partial charge in [-0.1, -0.05) is 182 Å². The average Bonchev–Trinajstić information content (AvgIpc) is 3.39. The molecule has 0 aliphatic carbocycles. The molecule has 362 valence electrons. The lowest BCUT2D eigenvalue weighted by Crippen LogP contribution is -2.67. The van der Waals surface area contributed by atoms with E-state index in [9.17, 15) is 4.79 Å². The smallest absolute Gasteiger partial charge is 0.217 e. The summed E-state index contributed by atoms with van der Waals surface area (Å²) in [6, 6.07) is 58.7. The molecule has 12 nitrogen and oxygen atoms in total. The Morgan fingerprint density at radius 3 is 1.14 bits per heavy atom. The summed E-state index contributed by atoms with van der Waals surface area (Å²) in [6.07, 6.45) is -7.02. The van der Waals surface area contributed by atoms with Crippen LogP contribution in [-0.2, 0) is 91.8 Å². The molecule has 0 saturated carbocycles. The average molecular weight is 938 g/mol. The number of hydrogen-bond acceptors (Lipinski definition) is 11. The van der Waals surface area contributed by atoms with Crippen LogP contribution in [0.3, 0.4) is 0 Å². The molecule has 0 aromatic heterocycles. The summed E-state index contributed by atoms with van der Waals surface area (Å²) >= 11 is 0. The molecular weight excluding hydrogens is 875 g/mol. The zero-order valence-electron chi connectivity index (χ0n) is 39.2. The fraction of sp³-hybridized carbons (Fsp3) is 0.351. The first-order valence-corrected chi connectivity index (χ1v) is 23.6. The number of carbonyl (C=O) groups is 1. The van der Waals surface area contributed by atoms with Gasteiger partial charge in [-0.15, -0.1) is 0 Å². The topological polar surface area (TPSA) is 121 Å². The van der Waals surface area contributed by atoms with Gasteiger partial charge in [0.2, 0.25) is 5.91 Å². The first-order valence-electron chi connectivity index (χ1n) is 23.6. The molecule has 2 saturated heterocycles. The van der Waals surface area contributed by atoms with Crippen molar-refractivity contribution in [2.24, 2.45) is 0 Å². The van der Waals surface area contributed by atoms with Gasteiger partial charge in [-0.25, -0.2) is 0 Å². The molecule has 12 heteroatoms. The van der Waals surface area contributed by atoms with E-state index in [2.05, 4.69) is 5.32 Å². The number of nitrogens with one attached hydrogen (secondary N) is 1. The van der Waals surface area contributed by atoms with Crippen LogP contribution < -0.4 is 5.32 Å². The van der Waals surface area contributed by atoms with E-state index >= 15 is 0 Å². The third-order valence-corrected chi connectivity index (χ3v) is 12.1. The summed E-state index contributed by atoms with van der Waals surface area (Å²) < 4.78 is 67.1. The van der Waals surface area contributed by atoms with Crippen molar-refractivity contribution >= 4 is 5.91 Å². The molecule has 2 fully saturated rings. The Hall–Kier alpha value is -5.61. The third kappa shape index (κ3) is 14.7. The number of methoxy groups -OCH3 is 1. The first kappa shape index (κ1) is 49.8. The van der Waals surface area contributed by atoms with Crippen LogP contribution in [0.2, 0.25) is 0 Å². The molecule has 6 aromatic rings. The van der Waals surface area contributed by atoms with Crippen LogP contribution >= 0.6 is 0 Å². The Morgan fingerprint density at radius 1 is 0.406 bits per heavy atom. The predicted molar refractivity (Wildman–Crippen MR) is 259 cm³/mol. The van der Waals surface area contributed by atoms with E-state index in [0.29, 0.717) is 6.61 Å². The zero-order valence-corrected chi connectivity index (χ0v) is 39.2. The summed E-state index contributed by atoms with van der Waals surface area (Å²) in [4.78, 5) is 13.2. The summed E-state index contributed by atoms with van der Waals surface area (Å²) in [6.45, 7) is 3.19. The second kappa shape index (κ2) is 26.4. The van der Waals surface area contributed by atoms with Gasteiger partial charge in [0, 0.05) is 14.0 Å². The normalized spacial score (nSPS) is 24.7. The minimum atomic E-state index is -1.06. The lowest BCUT2D eigenvalue weighted by atomic mass is 9.95. The largest absolute Gasteiger partial charge is 0.374 e. The predicted octanol–water partition coefficient (Wildman–Crippen LogP) is 8.75. The molecule has 0 spiro atoms. The number of ether oxygens (including phenoxy) is 10. The Bertz CT molecular complexity index is 2350. The highest BCUT2D eigenvalue weighted by atomic mass is 16.7. The summed E-state index contributed by atoms with van der Waals surface area (Å²) in [5, 5.41) is 3.12. The molecule has 6 aromatic carbocycles. The molecule has 2 aliphatic heterocycles. The van der Waals surface area contributed by atoms with Gasteiger partial charge in [-0.3, -0.25) is 4.79 Å². The van der Waals surface area contributed by atoms with Crippen LogP contribution in [0.5, 0.6) is 0 Å². The highest BCUT2D eigenvalue weighted by molar-refractivity contribution is 5.73. The molecule has 2 heterocycles. The third-order valence-electron chi connectivity index (χ3n) is 12.1. The van der Waals surface area contributed by atoms with Gasteiger partial charge >= 0.3 is 0 Å². The lowest BCUT2D eigenvalue weighted by molar-refractivity contribution is -0.337. The van der Waals surface area contributed by atoms with Gasteiger partial charge in [0.05, 0.1) is 52.9 Å². The Balaban J connectivity index is 1.11. The fourth-order valence-electron chi connectivity index (χ4n) is 8.63. The number of hydrogen-bond donors (Lipinski definition) is 1. The van der Waals surface area contributed by atoms with Gasteiger partial charge in [0.1, 0.15) is 48.8 Å². The lowest BCUT2D eigenvalue weighted by Gasteiger charge is -2.48. The summed E-state index contributed by atoms with van der Waals surface area (Å²) in [7, 11) is 1.59. The van der Waals surface area contributed by atoms with Crippen molar-refractivity contribution in [3.05, 3.63) is 215 Å². The summed E-state index contributed by atoms with van der Waals surface area (Å²) in [5.74, 6) is -0.295. The van der Waals surface area contributed by atoms with Crippen molar-refractivity contribution in [1.82, 2.24) is 5.32 Å². The number of carbonyl (C=O) groups excluding carboxylic acids is 1. The van der Waals surface area contributed by atoms with Crippen molar-refractivity contribution in [3.8, 4) is 0 Å². The van der Waals surface area contributed by atoms with E-state index in [1.54, 1.807) is 7.11 Å². The Labute approximate surface area is 405 Å². The zero-order chi connectivity index (χ0) is 47.5. The van der Waals surface area contributed by atoms with Gasteiger partial charge in [0.25, 0.3) is 0 Å². The van der Waals surface area contributed by atoms with Crippen LogP contribution in [0.25, 0.3) is 0 Å². The van der Waals surface area contributed by atoms with Crippen molar-refractivity contribution in [2.45, 2.75) is 108 Å². The molecule has 0 radical (unpaired) electrons. The minimum absolute atomic E-state index is 0.0603. The molecule has 69 heavy (non-hydrogen) atoms. The van der Waals surface area contributed by atoms with E-state index in [4.69, 9.17) is 47.4 Å². The number of amides is 1. The van der Waals surface area contributed by atoms with E-state index < -0.39 is 61.3 Å². The maximum atomic E-state index is 13.2. The van der Waals surface area contributed by atoms with Crippen LogP contribution in [0.15, 0.2) is 182 Å². The van der Waals surface area contributed by atoms with E-state index in [1.807, 2.05) is 182 Å². The van der Waals surface area contributed by atoms with Crippen LogP contribution in [-0.4, -0.2) is 87.6 Å². The minimum Gasteiger partial charge on any atom is -0.374 e. The van der Waals surface area contributed by atoms with E-state index in [-0.39, 0.29) is 52.2 Å². The summed E-state index contributed by atoms with van der Waals surface area (Å²) in [5.41, 5.74) is 5.86. The molecule has 0 bridgehead atoms. The Morgan fingerprint density at radius 2 is 0.739 bits per heavy atom. The van der Waals surface area contributed by atoms with Crippen LogP contribution in [0, 0.1) is 0 Å². The standard InChI is InChI=1S/C57H63NO11/c1-41(59)58-50-53(64-36-45-27-15-6-16-28-45)51(62-34-43-23-11-4-12-24-43)48(39-61-33-42-21-9-3-10-22-42)68-56(50)67-40-49-52(63-35-44-25-13-5-14-26-44)54(65-37-46-29-17-7-18-30-46)55(57(60-2)69-49)66-38-47-31-19-8-20-32-47/h3-32,48-57H,33-40H2,1-2H3,(H,58,59)/t48-,49-,50-,51-,52-,53-,54+,55-,56?,57+/m1/s1. The Kier molecular flexibility index (Phi) is 19.0. The second-order valence-electron chi connectivity index (χ2n) is 17.2. The maximum Gasteiger partial charge on any atom is 0.217 e. The van der Waals surface area contributed by atoms with E-state index in [1.165, 1.54) is 6.92 Å². The molecule has 1 N–H and O–H groups in total. The highest BCUT2D eigenvalue weighted by Gasteiger charge is 2.52. The van der Waals surface area contributed by atoms with Crippen molar-refractivity contribution < 1.29 is 52.2 Å². The van der Waals surface area contributed by atoms with Crippen molar-refractivity contribution in [1.29, 1.82) is 0 Å². The molecule has 10 atom stereocenters.